The molecule has 2 rings (SSSR count). The highest BCUT2D eigenvalue weighted by Crippen LogP contribution is 2.20. The highest BCUT2D eigenvalue weighted by atomic mass is 35.5. The zero-order valence-electron chi connectivity index (χ0n) is 10.9. The lowest BCUT2D eigenvalue weighted by Gasteiger charge is -2.25. The summed E-state index contributed by atoms with van der Waals surface area (Å²) in [5, 5.41) is 0.766. The molecule has 0 amide bonds. The zero-order valence-corrected chi connectivity index (χ0v) is 11.7. The molecule has 0 atom stereocenters. The van der Waals surface area contributed by atoms with Gasteiger partial charge >= 0.3 is 0 Å². The molecule has 0 aromatic heterocycles. The van der Waals surface area contributed by atoms with Gasteiger partial charge in [0, 0.05) is 23.8 Å². The molecule has 0 aliphatic heterocycles. The number of hydrogen-bond donors (Lipinski definition) is 1. The topological polar surface area (TPSA) is 29.3 Å². The molecule has 0 bridgehead atoms. The third-order valence-electron chi connectivity index (χ3n) is 3.04. The van der Waals surface area contributed by atoms with E-state index in [4.69, 9.17) is 17.3 Å². The second-order valence-electron chi connectivity index (χ2n) is 4.53. The highest BCUT2D eigenvalue weighted by Gasteiger charge is 2.06. The van der Waals surface area contributed by atoms with E-state index in [0.29, 0.717) is 6.54 Å². The number of halogens is 1. The highest BCUT2D eigenvalue weighted by molar-refractivity contribution is 6.30. The molecule has 0 aliphatic rings. The molecule has 3 heteroatoms. The molecule has 0 radical (unpaired) electrons. The lowest BCUT2D eigenvalue weighted by molar-refractivity contribution is 0.736. The SMILES string of the molecule is NCCCN(Cc1ccccc1)c1ccc(Cl)cc1. The van der Waals surface area contributed by atoms with E-state index in [0.717, 1.165) is 24.5 Å². The summed E-state index contributed by atoms with van der Waals surface area (Å²) in [4.78, 5) is 2.33. The summed E-state index contributed by atoms with van der Waals surface area (Å²) in [5.74, 6) is 0. The van der Waals surface area contributed by atoms with Crippen LogP contribution in [-0.4, -0.2) is 13.1 Å². The fourth-order valence-corrected chi connectivity index (χ4v) is 2.16. The summed E-state index contributed by atoms with van der Waals surface area (Å²) in [6, 6.07) is 18.4. The zero-order chi connectivity index (χ0) is 13.5. The first kappa shape index (κ1) is 13.9. The average molecular weight is 275 g/mol. The van der Waals surface area contributed by atoms with Crippen molar-refractivity contribution in [2.24, 2.45) is 5.73 Å². The molecule has 0 fully saturated rings. The van der Waals surface area contributed by atoms with Crippen molar-refractivity contribution in [3.8, 4) is 0 Å². The van der Waals surface area contributed by atoms with E-state index >= 15 is 0 Å². The van der Waals surface area contributed by atoms with Gasteiger partial charge in [-0.25, -0.2) is 0 Å². The van der Waals surface area contributed by atoms with Crippen LogP contribution in [0.3, 0.4) is 0 Å². The Kier molecular flexibility index (Phi) is 5.25. The van der Waals surface area contributed by atoms with Crippen LogP contribution in [-0.2, 0) is 6.54 Å². The van der Waals surface area contributed by atoms with Crippen molar-refractivity contribution in [3.63, 3.8) is 0 Å². The standard InChI is InChI=1S/C16H19ClN2/c17-15-7-9-16(10-8-15)19(12-4-11-18)13-14-5-2-1-3-6-14/h1-3,5-10H,4,11-13,18H2. The predicted molar refractivity (Wildman–Crippen MR) is 82.6 cm³/mol. The Labute approximate surface area is 119 Å². The lowest BCUT2D eigenvalue weighted by atomic mass is 10.2. The normalized spacial score (nSPS) is 10.4. The van der Waals surface area contributed by atoms with Gasteiger partial charge in [0.15, 0.2) is 0 Å². The predicted octanol–water partition coefficient (Wildman–Crippen LogP) is 3.70. The van der Waals surface area contributed by atoms with Crippen molar-refractivity contribution in [1.29, 1.82) is 0 Å². The number of hydrogen-bond acceptors (Lipinski definition) is 2. The van der Waals surface area contributed by atoms with E-state index in [1.54, 1.807) is 0 Å². The van der Waals surface area contributed by atoms with Crippen LogP contribution in [0.2, 0.25) is 5.02 Å². The molecule has 0 unspecified atom stereocenters. The van der Waals surface area contributed by atoms with Crippen molar-refractivity contribution >= 4 is 17.3 Å². The van der Waals surface area contributed by atoms with Crippen molar-refractivity contribution in [3.05, 3.63) is 65.2 Å². The summed E-state index contributed by atoms with van der Waals surface area (Å²) in [5.41, 5.74) is 8.11. The van der Waals surface area contributed by atoms with Gasteiger partial charge in [-0.3, -0.25) is 0 Å². The molecule has 0 spiro atoms. The Morgan fingerprint density at radius 1 is 0.947 bits per heavy atom. The van der Waals surface area contributed by atoms with Crippen LogP contribution >= 0.6 is 11.6 Å². The van der Waals surface area contributed by atoms with Crippen LogP contribution in [0.25, 0.3) is 0 Å². The van der Waals surface area contributed by atoms with E-state index in [1.807, 2.05) is 18.2 Å². The van der Waals surface area contributed by atoms with Crippen molar-refractivity contribution in [2.45, 2.75) is 13.0 Å². The molecule has 19 heavy (non-hydrogen) atoms. The number of benzene rings is 2. The molecule has 0 saturated carbocycles. The smallest absolute Gasteiger partial charge is 0.0429 e. The molecule has 2 nitrogen and oxygen atoms in total. The van der Waals surface area contributed by atoms with Crippen LogP contribution < -0.4 is 10.6 Å². The minimum Gasteiger partial charge on any atom is -0.367 e. The summed E-state index contributed by atoms with van der Waals surface area (Å²) in [7, 11) is 0. The number of nitrogens with zero attached hydrogens (tertiary/aromatic N) is 1. The molecule has 2 N–H and O–H groups in total. The maximum absolute atomic E-state index is 5.94. The quantitative estimate of drug-likeness (QED) is 0.870. The first-order valence-electron chi connectivity index (χ1n) is 6.54. The molecular weight excluding hydrogens is 256 g/mol. The van der Waals surface area contributed by atoms with Crippen molar-refractivity contribution in [2.75, 3.05) is 18.0 Å². The first-order chi connectivity index (χ1) is 9.29. The van der Waals surface area contributed by atoms with Crippen LogP contribution in [0.4, 0.5) is 5.69 Å². The Hall–Kier alpha value is -1.51. The third-order valence-corrected chi connectivity index (χ3v) is 3.29. The van der Waals surface area contributed by atoms with E-state index in [9.17, 15) is 0 Å². The monoisotopic (exact) mass is 274 g/mol. The summed E-state index contributed by atoms with van der Waals surface area (Å²) in [6.45, 7) is 2.55. The van der Waals surface area contributed by atoms with Gasteiger partial charge in [-0.15, -0.1) is 0 Å². The third kappa shape index (κ3) is 4.27. The molecule has 0 aliphatic carbocycles. The average Bonchev–Trinajstić information content (AvgIpc) is 2.45. The molecule has 2 aromatic rings. The van der Waals surface area contributed by atoms with Gasteiger partial charge in [0.05, 0.1) is 0 Å². The van der Waals surface area contributed by atoms with Crippen LogP contribution in [0, 0.1) is 0 Å². The van der Waals surface area contributed by atoms with E-state index < -0.39 is 0 Å². The molecule has 100 valence electrons. The van der Waals surface area contributed by atoms with Gasteiger partial charge in [0.2, 0.25) is 0 Å². The Balaban J connectivity index is 2.13. The Bertz CT molecular complexity index is 482. The van der Waals surface area contributed by atoms with Crippen LogP contribution in [0.1, 0.15) is 12.0 Å². The molecule has 0 saturated heterocycles. The minimum absolute atomic E-state index is 0.707. The minimum atomic E-state index is 0.707. The van der Waals surface area contributed by atoms with E-state index in [1.165, 1.54) is 11.3 Å². The maximum Gasteiger partial charge on any atom is 0.0429 e. The molecule has 0 heterocycles. The van der Waals surface area contributed by atoms with Gasteiger partial charge in [0.1, 0.15) is 0 Å². The molecule has 2 aromatic carbocycles. The molecular formula is C16H19ClN2. The largest absolute Gasteiger partial charge is 0.367 e. The summed E-state index contributed by atoms with van der Waals surface area (Å²) < 4.78 is 0. The second-order valence-corrected chi connectivity index (χ2v) is 4.96. The van der Waals surface area contributed by atoms with E-state index in [-0.39, 0.29) is 0 Å². The number of anilines is 1. The second kappa shape index (κ2) is 7.17. The van der Waals surface area contributed by atoms with Gasteiger partial charge < -0.3 is 10.6 Å². The van der Waals surface area contributed by atoms with E-state index in [2.05, 4.69) is 41.3 Å². The number of rotatable bonds is 6. The summed E-state index contributed by atoms with van der Waals surface area (Å²) >= 11 is 5.94. The fraction of sp³-hybridized carbons (Fsp3) is 0.250. The van der Waals surface area contributed by atoms with Crippen molar-refractivity contribution < 1.29 is 0 Å². The lowest BCUT2D eigenvalue weighted by Crippen LogP contribution is -2.25. The van der Waals surface area contributed by atoms with Gasteiger partial charge in [-0.2, -0.15) is 0 Å². The van der Waals surface area contributed by atoms with Crippen molar-refractivity contribution in [1.82, 2.24) is 0 Å². The Morgan fingerprint density at radius 3 is 2.26 bits per heavy atom. The van der Waals surface area contributed by atoms with Crippen LogP contribution in [0.15, 0.2) is 54.6 Å². The van der Waals surface area contributed by atoms with Gasteiger partial charge in [0.25, 0.3) is 0 Å². The van der Waals surface area contributed by atoms with Crippen LogP contribution in [0.5, 0.6) is 0 Å². The first-order valence-corrected chi connectivity index (χ1v) is 6.92. The van der Waals surface area contributed by atoms with Gasteiger partial charge in [-0.05, 0) is 42.8 Å². The summed E-state index contributed by atoms with van der Waals surface area (Å²) in [6.07, 6.45) is 0.982. The Morgan fingerprint density at radius 2 is 1.63 bits per heavy atom. The van der Waals surface area contributed by atoms with Gasteiger partial charge in [-0.1, -0.05) is 41.9 Å². The fourth-order valence-electron chi connectivity index (χ4n) is 2.04. The number of nitrogens with two attached hydrogens (primary N) is 1. The maximum atomic E-state index is 5.94.